The Morgan fingerprint density at radius 2 is 1.86 bits per heavy atom. The van der Waals surface area contributed by atoms with Gasteiger partial charge in [-0.15, -0.1) is 0 Å². The van der Waals surface area contributed by atoms with Crippen molar-refractivity contribution in [1.29, 1.82) is 5.41 Å². The van der Waals surface area contributed by atoms with Gasteiger partial charge in [-0.2, -0.15) is 0 Å². The SMILES string of the molecule is CCOC(C)(C)C(=N)N1CCCCC1. The Balaban J connectivity index is 2.53. The summed E-state index contributed by atoms with van der Waals surface area (Å²) in [5.41, 5.74) is -0.425. The molecule has 1 N–H and O–H groups in total. The predicted molar refractivity (Wildman–Crippen MR) is 58.9 cm³/mol. The zero-order chi connectivity index (χ0) is 10.6. The number of amidine groups is 1. The van der Waals surface area contributed by atoms with E-state index in [0.29, 0.717) is 12.4 Å². The average molecular weight is 198 g/mol. The summed E-state index contributed by atoms with van der Waals surface area (Å²) >= 11 is 0. The van der Waals surface area contributed by atoms with Crippen molar-refractivity contribution in [1.82, 2.24) is 4.90 Å². The van der Waals surface area contributed by atoms with Crippen molar-refractivity contribution in [3.63, 3.8) is 0 Å². The molecule has 0 aromatic carbocycles. The summed E-state index contributed by atoms with van der Waals surface area (Å²) < 4.78 is 5.58. The largest absolute Gasteiger partial charge is 0.368 e. The van der Waals surface area contributed by atoms with Crippen LogP contribution in [0, 0.1) is 5.41 Å². The number of nitrogens with zero attached hydrogens (tertiary/aromatic N) is 1. The van der Waals surface area contributed by atoms with Crippen molar-refractivity contribution in [2.75, 3.05) is 19.7 Å². The molecule has 0 unspecified atom stereocenters. The van der Waals surface area contributed by atoms with Crippen LogP contribution in [0.3, 0.4) is 0 Å². The summed E-state index contributed by atoms with van der Waals surface area (Å²) in [6, 6.07) is 0. The van der Waals surface area contributed by atoms with E-state index in [1.807, 2.05) is 20.8 Å². The lowest BCUT2D eigenvalue weighted by Gasteiger charge is -2.36. The van der Waals surface area contributed by atoms with Crippen molar-refractivity contribution in [2.45, 2.75) is 45.6 Å². The number of hydrogen-bond acceptors (Lipinski definition) is 2. The third kappa shape index (κ3) is 2.71. The lowest BCUT2D eigenvalue weighted by molar-refractivity contribution is 0.0323. The van der Waals surface area contributed by atoms with Gasteiger partial charge < -0.3 is 9.64 Å². The molecule has 1 heterocycles. The second kappa shape index (κ2) is 4.78. The molecule has 0 aliphatic carbocycles. The van der Waals surface area contributed by atoms with E-state index < -0.39 is 5.60 Å². The van der Waals surface area contributed by atoms with Crippen LogP contribution in [0.1, 0.15) is 40.0 Å². The van der Waals surface area contributed by atoms with Crippen LogP contribution in [0.2, 0.25) is 0 Å². The molecule has 3 heteroatoms. The van der Waals surface area contributed by atoms with E-state index in [2.05, 4.69) is 4.90 Å². The highest BCUT2D eigenvalue weighted by Gasteiger charge is 2.29. The van der Waals surface area contributed by atoms with Gasteiger partial charge in [0.05, 0.1) is 0 Å². The number of ether oxygens (including phenoxy) is 1. The van der Waals surface area contributed by atoms with E-state index in [-0.39, 0.29) is 0 Å². The molecule has 82 valence electrons. The molecule has 0 aromatic rings. The number of hydrogen-bond donors (Lipinski definition) is 1. The van der Waals surface area contributed by atoms with E-state index in [0.717, 1.165) is 13.1 Å². The maximum atomic E-state index is 8.09. The van der Waals surface area contributed by atoms with Crippen molar-refractivity contribution < 1.29 is 4.74 Å². The second-order valence-corrected chi connectivity index (χ2v) is 4.34. The number of likely N-dealkylation sites (tertiary alicyclic amines) is 1. The van der Waals surface area contributed by atoms with Crippen LogP contribution >= 0.6 is 0 Å². The van der Waals surface area contributed by atoms with Crippen LogP contribution in [0.5, 0.6) is 0 Å². The Labute approximate surface area is 86.9 Å². The third-order valence-corrected chi connectivity index (χ3v) is 2.75. The highest BCUT2D eigenvalue weighted by molar-refractivity contribution is 5.87. The van der Waals surface area contributed by atoms with E-state index in [1.54, 1.807) is 0 Å². The van der Waals surface area contributed by atoms with Crippen LogP contribution in [0.15, 0.2) is 0 Å². The smallest absolute Gasteiger partial charge is 0.128 e. The Morgan fingerprint density at radius 3 is 2.36 bits per heavy atom. The summed E-state index contributed by atoms with van der Waals surface area (Å²) in [4.78, 5) is 2.15. The molecule has 1 aliphatic rings. The standard InChI is InChI=1S/C11H22N2O/c1-4-14-11(2,3)10(12)13-8-6-5-7-9-13/h12H,4-9H2,1-3H3. The maximum Gasteiger partial charge on any atom is 0.128 e. The highest BCUT2D eigenvalue weighted by atomic mass is 16.5. The van der Waals surface area contributed by atoms with Gasteiger partial charge in [0.1, 0.15) is 11.4 Å². The molecule has 14 heavy (non-hydrogen) atoms. The molecule has 0 aromatic heterocycles. The Hall–Kier alpha value is -0.570. The minimum absolute atomic E-state index is 0.425. The summed E-state index contributed by atoms with van der Waals surface area (Å²) in [7, 11) is 0. The van der Waals surface area contributed by atoms with E-state index in [9.17, 15) is 0 Å². The van der Waals surface area contributed by atoms with E-state index >= 15 is 0 Å². The van der Waals surface area contributed by atoms with Gasteiger partial charge in [0.25, 0.3) is 0 Å². The highest BCUT2D eigenvalue weighted by Crippen LogP contribution is 2.18. The second-order valence-electron chi connectivity index (χ2n) is 4.34. The fourth-order valence-electron chi connectivity index (χ4n) is 1.93. The molecule has 0 spiro atoms. The van der Waals surface area contributed by atoms with Crippen molar-refractivity contribution in [3.05, 3.63) is 0 Å². The molecule has 1 aliphatic heterocycles. The maximum absolute atomic E-state index is 8.09. The third-order valence-electron chi connectivity index (χ3n) is 2.75. The Morgan fingerprint density at radius 1 is 1.29 bits per heavy atom. The number of piperidine rings is 1. The molecular formula is C11H22N2O. The molecule has 0 amide bonds. The van der Waals surface area contributed by atoms with Crippen LogP contribution < -0.4 is 0 Å². The molecule has 1 rings (SSSR count). The number of rotatable bonds is 3. The van der Waals surface area contributed by atoms with Gasteiger partial charge >= 0.3 is 0 Å². The number of nitrogens with one attached hydrogen (secondary N) is 1. The van der Waals surface area contributed by atoms with Crippen molar-refractivity contribution in [3.8, 4) is 0 Å². The van der Waals surface area contributed by atoms with Gasteiger partial charge in [-0.05, 0) is 40.0 Å². The normalized spacial score (nSPS) is 18.4. The van der Waals surface area contributed by atoms with E-state index in [4.69, 9.17) is 10.1 Å². The zero-order valence-corrected chi connectivity index (χ0v) is 9.60. The molecule has 3 nitrogen and oxygen atoms in total. The van der Waals surface area contributed by atoms with Gasteiger partial charge in [0.2, 0.25) is 0 Å². The van der Waals surface area contributed by atoms with Gasteiger partial charge in [0.15, 0.2) is 0 Å². The van der Waals surface area contributed by atoms with Gasteiger partial charge in [0, 0.05) is 19.7 Å². The lowest BCUT2D eigenvalue weighted by Crippen LogP contribution is -2.48. The van der Waals surface area contributed by atoms with Crippen LogP contribution in [0.25, 0.3) is 0 Å². The molecule has 0 bridgehead atoms. The van der Waals surface area contributed by atoms with Gasteiger partial charge in [-0.1, -0.05) is 0 Å². The van der Waals surface area contributed by atoms with Gasteiger partial charge in [-0.25, -0.2) is 0 Å². The average Bonchev–Trinajstić information content (AvgIpc) is 2.18. The summed E-state index contributed by atoms with van der Waals surface area (Å²) in [5.74, 6) is 0.638. The monoisotopic (exact) mass is 198 g/mol. The fourth-order valence-corrected chi connectivity index (χ4v) is 1.93. The zero-order valence-electron chi connectivity index (χ0n) is 9.60. The first-order valence-corrected chi connectivity index (χ1v) is 5.56. The quantitative estimate of drug-likeness (QED) is 0.558. The topological polar surface area (TPSA) is 36.3 Å². The molecule has 1 saturated heterocycles. The minimum Gasteiger partial charge on any atom is -0.368 e. The first kappa shape index (κ1) is 11.5. The first-order valence-electron chi connectivity index (χ1n) is 5.56. The summed E-state index contributed by atoms with van der Waals surface area (Å²) in [6.07, 6.45) is 3.73. The Kier molecular flexibility index (Phi) is 3.93. The fraction of sp³-hybridized carbons (Fsp3) is 0.909. The van der Waals surface area contributed by atoms with Crippen LogP contribution in [0.4, 0.5) is 0 Å². The van der Waals surface area contributed by atoms with Crippen molar-refractivity contribution in [2.24, 2.45) is 0 Å². The molecule has 0 atom stereocenters. The van der Waals surface area contributed by atoms with Gasteiger partial charge in [-0.3, -0.25) is 5.41 Å². The molecule has 0 saturated carbocycles. The predicted octanol–water partition coefficient (Wildman–Crippen LogP) is 2.26. The summed E-state index contributed by atoms with van der Waals surface area (Å²) in [6.45, 7) is 8.65. The summed E-state index contributed by atoms with van der Waals surface area (Å²) in [5, 5.41) is 8.09. The first-order chi connectivity index (χ1) is 6.58. The lowest BCUT2D eigenvalue weighted by atomic mass is 10.0. The van der Waals surface area contributed by atoms with Crippen molar-refractivity contribution >= 4 is 5.84 Å². The minimum atomic E-state index is -0.425. The Bertz CT molecular complexity index is 195. The van der Waals surface area contributed by atoms with Crippen LogP contribution in [-0.4, -0.2) is 36.0 Å². The molecule has 0 radical (unpaired) electrons. The molecular weight excluding hydrogens is 176 g/mol. The van der Waals surface area contributed by atoms with E-state index in [1.165, 1.54) is 19.3 Å². The molecule has 1 fully saturated rings. The van der Waals surface area contributed by atoms with Crippen LogP contribution in [-0.2, 0) is 4.74 Å².